The van der Waals surface area contributed by atoms with Crippen LogP contribution in [0.3, 0.4) is 0 Å². The summed E-state index contributed by atoms with van der Waals surface area (Å²) in [6.07, 6.45) is 3.57. The van der Waals surface area contributed by atoms with E-state index in [1.54, 1.807) is 0 Å². The van der Waals surface area contributed by atoms with Gasteiger partial charge in [-0.1, -0.05) is 42.5 Å². The van der Waals surface area contributed by atoms with E-state index in [1.807, 2.05) is 49.1 Å². The topological polar surface area (TPSA) is 40.5 Å². The molecule has 1 atom stereocenters. The second kappa shape index (κ2) is 8.05. The third kappa shape index (κ3) is 5.18. The Bertz CT molecular complexity index is 733. The minimum absolute atomic E-state index is 0.130. The highest BCUT2D eigenvalue weighted by Gasteiger charge is 2.27. The molecule has 3 nitrogen and oxygen atoms in total. The summed E-state index contributed by atoms with van der Waals surface area (Å²) in [6.45, 7) is 5.31. The number of hydrogen-bond acceptors (Lipinski definition) is 2. The van der Waals surface area contributed by atoms with Crippen molar-refractivity contribution in [2.75, 3.05) is 13.1 Å². The maximum absolute atomic E-state index is 12.9. The lowest BCUT2D eigenvalue weighted by Gasteiger charge is -2.19. The molecule has 0 aliphatic carbocycles. The Morgan fingerprint density at radius 3 is 2.58 bits per heavy atom. The number of likely N-dealkylation sites (tertiary alicyclic amines) is 1. The first-order valence-electron chi connectivity index (χ1n) is 9.55. The Kier molecular flexibility index (Phi) is 5.77. The van der Waals surface area contributed by atoms with Crippen molar-refractivity contribution >= 4 is 5.91 Å². The molecule has 3 rings (SSSR count). The standard InChI is InChI=1S/C23H29NO2/c1-23(2,26)13-11-19-9-6-10-21(16-19)22(25)24-14-12-20(17-24)15-18-7-4-3-5-8-18/h3-10,16,20,26H,11-15,17H2,1-2H3. The Morgan fingerprint density at radius 2 is 1.85 bits per heavy atom. The molecule has 1 N–H and O–H groups in total. The Morgan fingerprint density at radius 1 is 1.12 bits per heavy atom. The van der Waals surface area contributed by atoms with Crippen molar-refractivity contribution in [3.05, 3.63) is 71.3 Å². The van der Waals surface area contributed by atoms with E-state index in [4.69, 9.17) is 0 Å². The van der Waals surface area contributed by atoms with Crippen molar-refractivity contribution in [2.45, 2.75) is 45.1 Å². The molecular formula is C23H29NO2. The van der Waals surface area contributed by atoms with Gasteiger partial charge in [0.2, 0.25) is 0 Å². The molecule has 26 heavy (non-hydrogen) atoms. The van der Waals surface area contributed by atoms with Crippen LogP contribution in [0.15, 0.2) is 54.6 Å². The van der Waals surface area contributed by atoms with Gasteiger partial charge in [0, 0.05) is 18.7 Å². The van der Waals surface area contributed by atoms with Gasteiger partial charge < -0.3 is 10.0 Å². The van der Waals surface area contributed by atoms with Crippen molar-refractivity contribution in [3.8, 4) is 0 Å². The number of benzene rings is 2. The van der Waals surface area contributed by atoms with Crippen LogP contribution in [0, 0.1) is 5.92 Å². The van der Waals surface area contributed by atoms with E-state index >= 15 is 0 Å². The molecule has 1 unspecified atom stereocenters. The second-order valence-corrected chi connectivity index (χ2v) is 8.11. The molecule has 2 aromatic carbocycles. The first-order chi connectivity index (χ1) is 12.4. The van der Waals surface area contributed by atoms with Gasteiger partial charge in [-0.25, -0.2) is 0 Å². The average molecular weight is 351 g/mol. The number of hydrogen-bond donors (Lipinski definition) is 1. The summed E-state index contributed by atoms with van der Waals surface area (Å²) < 4.78 is 0. The molecular weight excluding hydrogens is 322 g/mol. The third-order valence-corrected chi connectivity index (χ3v) is 5.14. The van der Waals surface area contributed by atoms with Crippen LogP contribution in [-0.4, -0.2) is 34.6 Å². The van der Waals surface area contributed by atoms with Gasteiger partial charge in [0.15, 0.2) is 0 Å². The Balaban J connectivity index is 1.59. The quantitative estimate of drug-likeness (QED) is 0.851. The summed E-state index contributed by atoms with van der Waals surface area (Å²) in [4.78, 5) is 14.9. The van der Waals surface area contributed by atoms with Crippen molar-refractivity contribution in [1.29, 1.82) is 0 Å². The first-order valence-corrected chi connectivity index (χ1v) is 9.55. The van der Waals surface area contributed by atoms with Gasteiger partial charge in [-0.05, 0) is 68.7 Å². The lowest BCUT2D eigenvalue weighted by atomic mass is 9.97. The second-order valence-electron chi connectivity index (χ2n) is 8.11. The molecule has 1 aliphatic rings. The Hall–Kier alpha value is -2.13. The number of aliphatic hydroxyl groups is 1. The van der Waals surface area contributed by atoms with Crippen molar-refractivity contribution in [2.24, 2.45) is 5.92 Å². The SMILES string of the molecule is CC(C)(O)CCc1cccc(C(=O)N2CCC(Cc3ccccc3)C2)c1. The van der Waals surface area contributed by atoms with Crippen molar-refractivity contribution < 1.29 is 9.90 Å². The predicted octanol–water partition coefficient (Wildman–Crippen LogP) is 4.09. The highest BCUT2D eigenvalue weighted by atomic mass is 16.3. The molecule has 1 fully saturated rings. The van der Waals surface area contributed by atoms with Gasteiger partial charge in [-0.15, -0.1) is 0 Å². The maximum Gasteiger partial charge on any atom is 0.253 e. The normalized spacial score (nSPS) is 17.5. The van der Waals surface area contributed by atoms with Crippen LogP contribution in [0.4, 0.5) is 0 Å². The van der Waals surface area contributed by atoms with Gasteiger partial charge in [-0.2, -0.15) is 0 Å². The van der Waals surface area contributed by atoms with E-state index in [0.29, 0.717) is 12.3 Å². The number of amides is 1. The summed E-state index contributed by atoms with van der Waals surface area (Å²) in [7, 11) is 0. The van der Waals surface area contributed by atoms with Gasteiger partial charge in [0.1, 0.15) is 0 Å². The van der Waals surface area contributed by atoms with E-state index in [9.17, 15) is 9.90 Å². The monoisotopic (exact) mass is 351 g/mol. The maximum atomic E-state index is 12.9. The zero-order chi connectivity index (χ0) is 18.6. The predicted molar refractivity (Wildman–Crippen MR) is 105 cm³/mol. The van der Waals surface area contributed by atoms with Crippen LogP contribution >= 0.6 is 0 Å². The zero-order valence-corrected chi connectivity index (χ0v) is 15.8. The largest absolute Gasteiger partial charge is 0.390 e. The van der Waals surface area contributed by atoms with Crippen LogP contribution in [0.25, 0.3) is 0 Å². The molecule has 2 aromatic rings. The van der Waals surface area contributed by atoms with Crippen LogP contribution in [-0.2, 0) is 12.8 Å². The van der Waals surface area contributed by atoms with Gasteiger partial charge in [0.05, 0.1) is 5.60 Å². The molecule has 1 saturated heterocycles. The molecule has 138 valence electrons. The number of carbonyl (C=O) groups excluding carboxylic acids is 1. The van der Waals surface area contributed by atoms with E-state index in [0.717, 1.165) is 43.5 Å². The fourth-order valence-corrected chi connectivity index (χ4v) is 3.62. The molecule has 1 heterocycles. The smallest absolute Gasteiger partial charge is 0.253 e. The fourth-order valence-electron chi connectivity index (χ4n) is 3.62. The third-order valence-electron chi connectivity index (χ3n) is 5.14. The number of nitrogens with zero attached hydrogens (tertiary/aromatic N) is 1. The molecule has 0 aromatic heterocycles. The number of rotatable bonds is 6. The van der Waals surface area contributed by atoms with Crippen molar-refractivity contribution in [1.82, 2.24) is 4.90 Å². The molecule has 1 amide bonds. The Labute approximate surface area is 156 Å². The van der Waals surface area contributed by atoms with Crippen LogP contribution in [0.2, 0.25) is 0 Å². The summed E-state index contributed by atoms with van der Waals surface area (Å²) >= 11 is 0. The summed E-state index contributed by atoms with van der Waals surface area (Å²) in [5.41, 5.74) is 2.54. The number of aryl methyl sites for hydroxylation is 1. The molecule has 1 aliphatic heterocycles. The molecule has 0 radical (unpaired) electrons. The lowest BCUT2D eigenvalue weighted by Crippen LogP contribution is -2.29. The van der Waals surface area contributed by atoms with Crippen LogP contribution < -0.4 is 0 Å². The highest BCUT2D eigenvalue weighted by molar-refractivity contribution is 5.94. The van der Waals surface area contributed by atoms with Gasteiger partial charge in [0.25, 0.3) is 5.91 Å². The lowest BCUT2D eigenvalue weighted by molar-refractivity contribution is 0.0714. The van der Waals surface area contributed by atoms with E-state index in [-0.39, 0.29) is 5.91 Å². The zero-order valence-electron chi connectivity index (χ0n) is 15.8. The minimum atomic E-state index is -0.681. The molecule has 0 saturated carbocycles. The summed E-state index contributed by atoms with van der Waals surface area (Å²) in [5.74, 6) is 0.672. The van der Waals surface area contributed by atoms with Gasteiger partial charge in [-0.3, -0.25) is 4.79 Å². The van der Waals surface area contributed by atoms with Gasteiger partial charge >= 0.3 is 0 Å². The van der Waals surface area contributed by atoms with E-state index in [1.165, 1.54) is 5.56 Å². The minimum Gasteiger partial charge on any atom is -0.390 e. The van der Waals surface area contributed by atoms with Crippen LogP contribution in [0.5, 0.6) is 0 Å². The summed E-state index contributed by atoms with van der Waals surface area (Å²) in [5, 5.41) is 9.91. The molecule has 3 heteroatoms. The van der Waals surface area contributed by atoms with Crippen LogP contribution in [0.1, 0.15) is 48.2 Å². The molecule has 0 bridgehead atoms. The van der Waals surface area contributed by atoms with Crippen molar-refractivity contribution in [3.63, 3.8) is 0 Å². The number of carbonyl (C=O) groups is 1. The average Bonchev–Trinajstić information content (AvgIpc) is 3.08. The first kappa shape index (κ1) is 18.7. The fraction of sp³-hybridized carbons (Fsp3) is 0.435. The highest BCUT2D eigenvalue weighted by Crippen LogP contribution is 2.23. The van der Waals surface area contributed by atoms with E-state index < -0.39 is 5.60 Å². The summed E-state index contributed by atoms with van der Waals surface area (Å²) in [6, 6.07) is 18.4. The van der Waals surface area contributed by atoms with E-state index in [2.05, 4.69) is 24.3 Å². The molecule has 0 spiro atoms.